The molecule has 0 spiro atoms. The van der Waals surface area contributed by atoms with Crippen molar-refractivity contribution in [1.29, 1.82) is 0 Å². The Morgan fingerprint density at radius 2 is 1.93 bits per heavy atom. The number of fused-ring (bicyclic) bond motifs is 2. The van der Waals surface area contributed by atoms with Gasteiger partial charge in [-0.3, -0.25) is 4.90 Å². The van der Waals surface area contributed by atoms with Gasteiger partial charge in [0.15, 0.2) is 0 Å². The van der Waals surface area contributed by atoms with E-state index in [1.165, 1.54) is 19.4 Å². The fraction of sp³-hybridized carbons (Fsp3) is 1.00. The van der Waals surface area contributed by atoms with Crippen LogP contribution in [0.3, 0.4) is 0 Å². The summed E-state index contributed by atoms with van der Waals surface area (Å²) in [6, 6.07) is 1.61. The van der Waals surface area contributed by atoms with Gasteiger partial charge in [-0.1, -0.05) is 13.3 Å². The number of rotatable bonds is 3. The van der Waals surface area contributed by atoms with Gasteiger partial charge < -0.3 is 10.5 Å². The highest BCUT2D eigenvalue weighted by molar-refractivity contribution is 4.92. The molecule has 2 saturated heterocycles. The lowest BCUT2D eigenvalue weighted by Crippen LogP contribution is -2.59. The molecule has 2 rings (SSSR count). The lowest BCUT2D eigenvalue weighted by atomic mass is 9.90. The van der Waals surface area contributed by atoms with Gasteiger partial charge in [-0.15, -0.1) is 0 Å². The summed E-state index contributed by atoms with van der Waals surface area (Å²) in [5.74, 6) is 0. The highest BCUT2D eigenvalue weighted by Crippen LogP contribution is 2.26. The van der Waals surface area contributed by atoms with Crippen LogP contribution in [0.4, 0.5) is 0 Å². The number of hydrogen-bond donors (Lipinski definition) is 1. The molecule has 0 aromatic rings. The van der Waals surface area contributed by atoms with Crippen LogP contribution in [-0.4, -0.2) is 42.8 Å². The molecule has 2 heterocycles. The molecule has 1 unspecified atom stereocenters. The fourth-order valence-corrected chi connectivity index (χ4v) is 2.74. The summed E-state index contributed by atoms with van der Waals surface area (Å²) in [6.45, 7) is 5.28. The molecule has 14 heavy (non-hydrogen) atoms. The van der Waals surface area contributed by atoms with Gasteiger partial charge in [0.05, 0.1) is 13.2 Å². The first-order valence-corrected chi connectivity index (χ1v) is 5.90. The molecule has 0 aromatic carbocycles. The van der Waals surface area contributed by atoms with E-state index < -0.39 is 0 Å². The summed E-state index contributed by atoms with van der Waals surface area (Å²) in [5.41, 5.74) is 6.03. The van der Waals surface area contributed by atoms with Crippen LogP contribution in [0, 0.1) is 0 Å². The van der Waals surface area contributed by atoms with Crippen LogP contribution >= 0.6 is 0 Å². The van der Waals surface area contributed by atoms with Gasteiger partial charge in [0.1, 0.15) is 0 Å². The predicted molar refractivity (Wildman–Crippen MR) is 57.2 cm³/mol. The molecule has 0 radical (unpaired) electrons. The van der Waals surface area contributed by atoms with E-state index in [2.05, 4.69) is 11.8 Å². The highest BCUT2D eigenvalue weighted by Gasteiger charge is 2.36. The van der Waals surface area contributed by atoms with Crippen LogP contribution < -0.4 is 5.73 Å². The molecular weight excluding hydrogens is 176 g/mol. The molecule has 2 fully saturated rings. The first-order valence-electron chi connectivity index (χ1n) is 5.90. The molecule has 2 N–H and O–H groups in total. The quantitative estimate of drug-likeness (QED) is 0.734. The lowest BCUT2D eigenvalue weighted by molar-refractivity contribution is -0.0778. The Morgan fingerprint density at radius 1 is 1.29 bits per heavy atom. The molecule has 0 aromatic heterocycles. The van der Waals surface area contributed by atoms with Crippen LogP contribution in [0.5, 0.6) is 0 Å². The van der Waals surface area contributed by atoms with Gasteiger partial charge in [-0.25, -0.2) is 0 Å². The molecule has 0 saturated carbocycles. The summed E-state index contributed by atoms with van der Waals surface area (Å²) in [6.07, 6.45) is 4.84. The van der Waals surface area contributed by atoms with Gasteiger partial charge in [0.25, 0.3) is 0 Å². The third-order valence-corrected chi connectivity index (χ3v) is 3.48. The summed E-state index contributed by atoms with van der Waals surface area (Å²) in [4.78, 5) is 2.64. The molecule has 3 nitrogen and oxygen atoms in total. The van der Waals surface area contributed by atoms with Crippen molar-refractivity contribution in [3.63, 3.8) is 0 Å². The van der Waals surface area contributed by atoms with E-state index >= 15 is 0 Å². The number of nitrogens with two attached hydrogens (primary N) is 1. The molecule has 0 amide bonds. The molecule has 2 aliphatic rings. The summed E-state index contributed by atoms with van der Waals surface area (Å²) >= 11 is 0. The van der Waals surface area contributed by atoms with Gasteiger partial charge in [-0.05, 0) is 25.8 Å². The van der Waals surface area contributed by atoms with Crippen LogP contribution in [0.1, 0.15) is 32.6 Å². The van der Waals surface area contributed by atoms with Crippen molar-refractivity contribution in [2.45, 2.75) is 50.7 Å². The van der Waals surface area contributed by atoms with Crippen molar-refractivity contribution in [3.05, 3.63) is 0 Å². The predicted octanol–water partition coefficient (Wildman–Crippen LogP) is 0.977. The number of piperidine rings is 1. The van der Waals surface area contributed by atoms with E-state index in [1.54, 1.807) is 0 Å². The van der Waals surface area contributed by atoms with Gasteiger partial charge in [0.2, 0.25) is 0 Å². The molecule has 2 bridgehead atoms. The van der Waals surface area contributed by atoms with Gasteiger partial charge in [0, 0.05) is 18.1 Å². The molecule has 82 valence electrons. The largest absolute Gasteiger partial charge is 0.378 e. The maximum atomic E-state index is 6.03. The van der Waals surface area contributed by atoms with E-state index in [-0.39, 0.29) is 0 Å². The second-order valence-corrected chi connectivity index (χ2v) is 4.67. The van der Waals surface area contributed by atoms with Crippen LogP contribution in [0.2, 0.25) is 0 Å². The van der Waals surface area contributed by atoms with Crippen LogP contribution in [0.25, 0.3) is 0 Å². The topological polar surface area (TPSA) is 38.5 Å². The second kappa shape index (κ2) is 4.60. The van der Waals surface area contributed by atoms with E-state index in [9.17, 15) is 0 Å². The smallest absolute Gasteiger partial charge is 0.0623 e. The third-order valence-electron chi connectivity index (χ3n) is 3.48. The van der Waals surface area contributed by atoms with Crippen LogP contribution in [0.15, 0.2) is 0 Å². The zero-order valence-corrected chi connectivity index (χ0v) is 9.11. The Labute approximate surface area is 86.6 Å². The zero-order valence-electron chi connectivity index (χ0n) is 9.11. The molecule has 3 heteroatoms. The number of morpholine rings is 1. The molecule has 3 atom stereocenters. The Morgan fingerprint density at radius 3 is 2.50 bits per heavy atom. The molecule has 2 aliphatic heterocycles. The lowest BCUT2D eigenvalue weighted by Gasteiger charge is -2.47. The zero-order chi connectivity index (χ0) is 9.97. The molecule has 0 aliphatic carbocycles. The SMILES string of the molecule is CCCCN1[C@@H]2COC[C@H]1CC(N)C2. The first kappa shape index (κ1) is 10.4. The van der Waals surface area contributed by atoms with Gasteiger partial charge >= 0.3 is 0 Å². The Kier molecular flexibility index (Phi) is 3.42. The minimum absolute atomic E-state index is 0.409. The highest BCUT2D eigenvalue weighted by atomic mass is 16.5. The van der Waals surface area contributed by atoms with Crippen molar-refractivity contribution < 1.29 is 4.74 Å². The minimum Gasteiger partial charge on any atom is -0.378 e. The summed E-state index contributed by atoms with van der Waals surface area (Å²) in [7, 11) is 0. The Hall–Kier alpha value is -0.120. The van der Waals surface area contributed by atoms with E-state index in [0.717, 1.165) is 26.1 Å². The maximum Gasteiger partial charge on any atom is 0.0623 e. The fourth-order valence-electron chi connectivity index (χ4n) is 2.74. The number of nitrogens with zero attached hydrogens (tertiary/aromatic N) is 1. The first-order chi connectivity index (χ1) is 6.81. The van der Waals surface area contributed by atoms with Crippen molar-refractivity contribution in [1.82, 2.24) is 4.90 Å². The normalized spacial score (nSPS) is 38.6. The summed E-state index contributed by atoms with van der Waals surface area (Å²) < 4.78 is 5.60. The Bertz CT molecular complexity index is 172. The summed E-state index contributed by atoms with van der Waals surface area (Å²) in [5, 5.41) is 0. The Balaban J connectivity index is 1.94. The van der Waals surface area contributed by atoms with E-state index in [0.29, 0.717) is 18.1 Å². The van der Waals surface area contributed by atoms with Crippen molar-refractivity contribution in [3.8, 4) is 0 Å². The average molecular weight is 198 g/mol. The van der Waals surface area contributed by atoms with Crippen molar-refractivity contribution in [2.75, 3.05) is 19.8 Å². The van der Waals surface area contributed by atoms with E-state index in [1.807, 2.05) is 0 Å². The maximum absolute atomic E-state index is 6.03. The second-order valence-electron chi connectivity index (χ2n) is 4.67. The minimum atomic E-state index is 0.409. The monoisotopic (exact) mass is 198 g/mol. The van der Waals surface area contributed by atoms with Crippen molar-refractivity contribution in [2.24, 2.45) is 5.73 Å². The number of hydrogen-bond acceptors (Lipinski definition) is 3. The number of ether oxygens (including phenoxy) is 1. The number of unbranched alkanes of at least 4 members (excludes halogenated alkanes) is 1. The molecular formula is C11H22N2O. The van der Waals surface area contributed by atoms with E-state index in [4.69, 9.17) is 10.5 Å². The van der Waals surface area contributed by atoms with Crippen LogP contribution in [-0.2, 0) is 4.74 Å². The standard InChI is InChI=1S/C11H22N2O/c1-2-3-4-13-10-5-9(12)6-11(13)8-14-7-10/h9-11H,2-8,12H2,1H3/t9?,10-,11+. The van der Waals surface area contributed by atoms with Gasteiger partial charge in [-0.2, -0.15) is 0 Å². The average Bonchev–Trinajstić information content (AvgIpc) is 2.14. The van der Waals surface area contributed by atoms with Crippen molar-refractivity contribution >= 4 is 0 Å². The third kappa shape index (κ3) is 2.10.